The number of hydrogen-bond acceptors (Lipinski definition) is 6. The number of ketones is 1. The molecule has 3 rings (SSSR count). The number of rotatable bonds is 8. The molecule has 0 heterocycles. The van der Waals surface area contributed by atoms with E-state index in [1.807, 2.05) is 6.07 Å². The largest absolute Gasteiger partial charge is 0.497 e. The summed E-state index contributed by atoms with van der Waals surface area (Å²) in [5, 5.41) is 0. The monoisotopic (exact) mass is 424 g/mol. The number of carbonyl (C=O) groups is 2. The van der Waals surface area contributed by atoms with Gasteiger partial charge in [0.25, 0.3) is 0 Å². The number of benzene rings is 3. The van der Waals surface area contributed by atoms with Crippen molar-refractivity contribution in [3.8, 4) is 23.0 Å². The van der Waals surface area contributed by atoms with Crippen LogP contribution in [0.1, 0.15) is 26.3 Å². The fourth-order valence-electron chi connectivity index (χ4n) is 2.84. The summed E-state index contributed by atoms with van der Waals surface area (Å²) in [6.45, 7) is 0. The summed E-state index contributed by atoms with van der Waals surface area (Å²) in [5.74, 6) is 1.12. The number of esters is 1. The van der Waals surface area contributed by atoms with Gasteiger partial charge in [-0.05, 0) is 60.2 Å². The molecule has 0 aromatic heterocycles. The molecule has 0 N–H and O–H groups in total. The quantitative estimate of drug-likeness (QED) is 0.229. The van der Waals surface area contributed by atoms with Crippen molar-refractivity contribution < 1.29 is 28.3 Å². The minimum Gasteiger partial charge on any atom is -0.497 e. The highest BCUT2D eigenvalue weighted by Gasteiger charge is 2.18. The average Bonchev–Trinajstić information content (AvgIpc) is 2.79. The number of methoxy groups -OCH3 is 2. The maximum atomic E-state index is 13.0. The van der Waals surface area contributed by atoms with Crippen molar-refractivity contribution in [2.24, 2.45) is 0 Å². The van der Waals surface area contributed by atoms with Gasteiger partial charge in [0.05, 0.1) is 34.8 Å². The maximum absolute atomic E-state index is 13.0. The molecule has 0 bridgehead atoms. The van der Waals surface area contributed by atoms with Gasteiger partial charge in [-0.1, -0.05) is 12.1 Å². The molecular formula is C23H21O6P. The van der Waals surface area contributed by atoms with E-state index in [2.05, 4.69) is 9.47 Å². The molecule has 0 aliphatic heterocycles. The van der Waals surface area contributed by atoms with Crippen LogP contribution in [-0.4, -0.2) is 26.0 Å². The molecule has 0 radical (unpaired) electrons. The van der Waals surface area contributed by atoms with E-state index in [-0.39, 0.29) is 23.5 Å². The molecule has 1 atom stereocenters. The minimum absolute atomic E-state index is 0.113. The first-order valence-corrected chi connectivity index (χ1v) is 9.54. The molecule has 0 fully saturated rings. The van der Waals surface area contributed by atoms with Crippen LogP contribution in [0.4, 0.5) is 0 Å². The van der Waals surface area contributed by atoms with Gasteiger partial charge in [0, 0.05) is 6.42 Å². The SMILES string of the molecule is COc1ccc(C(=O)Oc2ccc(OC)cc2C(=O)Cc2cccc(OP)c2)cc1. The van der Waals surface area contributed by atoms with Gasteiger partial charge in [-0.15, -0.1) is 0 Å². The molecule has 3 aromatic carbocycles. The van der Waals surface area contributed by atoms with E-state index >= 15 is 0 Å². The van der Waals surface area contributed by atoms with E-state index in [0.717, 1.165) is 5.56 Å². The van der Waals surface area contributed by atoms with Crippen molar-refractivity contribution in [3.63, 3.8) is 0 Å². The molecule has 7 heteroatoms. The third kappa shape index (κ3) is 5.16. The summed E-state index contributed by atoms with van der Waals surface area (Å²) in [6, 6.07) is 18.5. The van der Waals surface area contributed by atoms with Gasteiger partial charge in [0.15, 0.2) is 5.78 Å². The third-order valence-corrected chi connectivity index (χ3v) is 4.69. The fourth-order valence-corrected chi connectivity index (χ4v) is 2.98. The second-order valence-electron chi connectivity index (χ2n) is 6.35. The van der Waals surface area contributed by atoms with E-state index in [1.54, 1.807) is 67.8 Å². The van der Waals surface area contributed by atoms with Crippen LogP contribution < -0.4 is 18.7 Å². The highest BCUT2D eigenvalue weighted by molar-refractivity contribution is 7.10. The Kier molecular flexibility index (Phi) is 7.04. The molecule has 3 aromatic rings. The van der Waals surface area contributed by atoms with Gasteiger partial charge in [0.1, 0.15) is 23.0 Å². The highest BCUT2D eigenvalue weighted by atomic mass is 31.0. The Labute approximate surface area is 177 Å². The summed E-state index contributed by atoms with van der Waals surface area (Å²) in [7, 11) is 5.22. The van der Waals surface area contributed by atoms with E-state index in [9.17, 15) is 9.59 Å². The smallest absolute Gasteiger partial charge is 0.343 e. The van der Waals surface area contributed by atoms with E-state index < -0.39 is 5.97 Å². The molecule has 0 saturated carbocycles. The van der Waals surface area contributed by atoms with Crippen molar-refractivity contribution in [2.45, 2.75) is 6.42 Å². The van der Waals surface area contributed by atoms with Crippen LogP contribution in [-0.2, 0) is 6.42 Å². The van der Waals surface area contributed by atoms with Crippen molar-refractivity contribution >= 4 is 21.2 Å². The second kappa shape index (κ2) is 9.90. The predicted octanol–water partition coefficient (Wildman–Crippen LogP) is 4.52. The van der Waals surface area contributed by atoms with Crippen LogP contribution in [0.5, 0.6) is 23.0 Å². The van der Waals surface area contributed by atoms with Crippen LogP contribution in [0.3, 0.4) is 0 Å². The van der Waals surface area contributed by atoms with E-state index in [4.69, 9.17) is 18.7 Å². The number of carbonyl (C=O) groups excluding carboxylic acids is 2. The summed E-state index contributed by atoms with van der Waals surface area (Å²) in [6.07, 6.45) is 0.113. The fraction of sp³-hybridized carbons (Fsp3) is 0.130. The lowest BCUT2D eigenvalue weighted by atomic mass is 10.0. The third-order valence-electron chi connectivity index (χ3n) is 4.41. The Morgan fingerprint density at radius 3 is 2.20 bits per heavy atom. The van der Waals surface area contributed by atoms with Crippen LogP contribution in [0, 0.1) is 0 Å². The number of hydrogen-bond donors (Lipinski definition) is 0. The lowest BCUT2D eigenvalue weighted by molar-refractivity contribution is 0.0732. The van der Waals surface area contributed by atoms with Gasteiger partial charge in [-0.2, -0.15) is 0 Å². The Hall–Kier alpha value is -3.37. The Morgan fingerprint density at radius 2 is 1.53 bits per heavy atom. The van der Waals surface area contributed by atoms with Crippen molar-refractivity contribution in [3.05, 3.63) is 83.4 Å². The maximum Gasteiger partial charge on any atom is 0.343 e. The van der Waals surface area contributed by atoms with Crippen molar-refractivity contribution in [1.82, 2.24) is 0 Å². The topological polar surface area (TPSA) is 71.1 Å². The molecule has 30 heavy (non-hydrogen) atoms. The molecule has 1 unspecified atom stereocenters. The van der Waals surface area contributed by atoms with Crippen molar-refractivity contribution in [1.29, 1.82) is 0 Å². The Bertz CT molecular complexity index is 1050. The lowest BCUT2D eigenvalue weighted by Crippen LogP contribution is -2.13. The average molecular weight is 424 g/mol. The van der Waals surface area contributed by atoms with Crippen molar-refractivity contribution in [2.75, 3.05) is 14.2 Å². The van der Waals surface area contributed by atoms with E-state index in [0.29, 0.717) is 22.8 Å². The van der Waals surface area contributed by atoms with E-state index in [1.165, 1.54) is 7.11 Å². The normalized spacial score (nSPS) is 10.2. The highest BCUT2D eigenvalue weighted by Crippen LogP contribution is 2.27. The molecule has 0 saturated heterocycles. The molecule has 154 valence electrons. The molecular weight excluding hydrogens is 403 g/mol. The van der Waals surface area contributed by atoms with Crippen LogP contribution in [0.2, 0.25) is 0 Å². The number of Topliss-reactive ketones (excluding diaryl/α,β-unsaturated/α-hetero) is 1. The Balaban J connectivity index is 1.85. The summed E-state index contributed by atoms with van der Waals surface area (Å²) < 4.78 is 21.0. The lowest BCUT2D eigenvalue weighted by Gasteiger charge is -2.12. The Morgan fingerprint density at radius 1 is 0.833 bits per heavy atom. The standard InChI is InChI=1S/C23H21O6P/c1-26-17-8-6-16(7-9-17)23(25)28-22-11-10-18(27-2)14-20(22)21(24)13-15-4-3-5-19(12-15)29-30/h3-12,14H,13,30H2,1-2H3. The van der Waals surface area contributed by atoms with Crippen LogP contribution >= 0.6 is 9.47 Å². The summed E-state index contributed by atoms with van der Waals surface area (Å²) in [5.41, 5.74) is 1.37. The van der Waals surface area contributed by atoms with Gasteiger partial charge in [0.2, 0.25) is 0 Å². The van der Waals surface area contributed by atoms with Gasteiger partial charge < -0.3 is 18.7 Å². The zero-order valence-electron chi connectivity index (χ0n) is 16.6. The molecule has 0 aliphatic rings. The molecule has 0 amide bonds. The molecule has 6 nitrogen and oxygen atoms in total. The first-order chi connectivity index (χ1) is 14.5. The summed E-state index contributed by atoms with van der Waals surface area (Å²) >= 11 is 0. The predicted molar refractivity (Wildman–Crippen MR) is 116 cm³/mol. The first-order valence-electron chi connectivity index (χ1n) is 9.07. The van der Waals surface area contributed by atoms with Crippen LogP contribution in [0.25, 0.3) is 0 Å². The molecule has 0 spiro atoms. The number of ether oxygens (including phenoxy) is 3. The first kappa shape index (κ1) is 21.3. The van der Waals surface area contributed by atoms with Crippen LogP contribution in [0.15, 0.2) is 66.7 Å². The van der Waals surface area contributed by atoms with Gasteiger partial charge in [-0.25, -0.2) is 4.79 Å². The zero-order valence-corrected chi connectivity index (χ0v) is 17.7. The zero-order chi connectivity index (χ0) is 21.5. The molecule has 0 aliphatic carbocycles. The minimum atomic E-state index is -0.574. The van der Waals surface area contributed by atoms with Gasteiger partial charge >= 0.3 is 5.97 Å². The second-order valence-corrected chi connectivity index (χ2v) is 6.58. The summed E-state index contributed by atoms with van der Waals surface area (Å²) in [4.78, 5) is 25.6. The van der Waals surface area contributed by atoms with Gasteiger partial charge in [-0.3, -0.25) is 4.79 Å².